The molecule has 2 saturated heterocycles. The van der Waals surface area contributed by atoms with E-state index in [1.165, 1.54) is 0 Å². The Hall–Kier alpha value is -2.15. The van der Waals surface area contributed by atoms with Crippen molar-refractivity contribution in [2.45, 2.75) is 76.9 Å². The third-order valence-electron chi connectivity index (χ3n) is 7.94. The highest BCUT2D eigenvalue weighted by atomic mass is 16.3. The molecule has 2 aliphatic heterocycles. The van der Waals surface area contributed by atoms with E-state index in [1.807, 2.05) is 13.0 Å². The second kappa shape index (κ2) is 8.08. The number of aromatic nitrogens is 1. The van der Waals surface area contributed by atoms with Crippen molar-refractivity contribution in [3.05, 3.63) is 17.8 Å². The molecule has 4 aliphatic rings. The van der Waals surface area contributed by atoms with Gasteiger partial charge in [-0.05, 0) is 76.3 Å². The minimum atomic E-state index is -0.210. The van der Waals surface area contributed by atoms with Gasteiger partial charge in [-0.15, -0.1) is 0 Å². The summed E-state index contributed by atoms with van der Waals surface area (Å²) in [4.78, 5) is 34.5. The van der Waals surface area contributed by atoms with Crippen molar-refractivity contribution in [2.75, 3.05) is 29.9 Å². The zero-order chi connectivity index (χ0) is 21.6. The number of rotatable bonds is 4. The molecule has 1 spiro atoms. The smallest absolute Gasteiger partial charge is 0.229 e. The summed E-state index contributed by atoms with van der Waals surface area (Å²) in [7, 11) is 0. The number of anilines is 2. The van der Waals surface area contributed by atoms with E-state index in [0.717, 1.165) is 94.5 Å². The van der Waals surface area contributed by atoms with Crippen molar-refractivity contribution in [1.82, 2.24) is 9.88 Å². The molecular weight excluding hydrogens is 392 g/mol. The maximum absolute atomic E-state index is 13.4. The minimum absolute atomic E-state index is 0.102. The first-order chi connectivity index (χ1) is 14.9. The Kier molecular flexibility index (Phi) is 5.40. The second-order valence-electron chi connectivity index (χ2n) is 10.1. The molecule has 2 N–H and O–H groups in total. The molecular formula is C24H34N4O3. The van der Waals surface area contributed by atoms with Gasteiger partial charge < -0.3 is 20.2 Å². The fraction of sp³-hybridized carbons (Fsp3) is 0.708. The molecule has 4 fully saturated rings. The first-order valence-electron chi connectivity index (χ1n) is 12.0. The van der Waals surface area contributed by atoms with Crippen LogP contribution in [0.3, 0.4) is 0 Å². The van der Waals surface area contributed by atoms with Crippen LogP contribution in [0.2, 0.25) is 0 Å². The van der Waals surface area contributed by atoms with Crippen LogP contribution in [0.4, 0.5) is 11.5 Å². The molecule has 7 heteroatoms. The van der Waals surface area contributed by atoms with Crippen molar-refractivity contribution in [3.8, 4) is 0 Å². The van der Waals surface area contributed by atoms with E-state index in [2.05, 4.69) is 20.1 Å². The fourth-order valence-corrected chi connectivity index (χ4v) is 5.73. The molecule has 0 aromatic carbocycles. The summed E-state index contributed by atoms with van der Waals surface area (Å²) < 4.78 is 0. The second-order valence-corrected chi connectivity index (χ2v) is 10.1. The van der Waals surface area contributed by atoms with Crippen LogP contribution >= 0.6 is 0 Å². The van der Waals surface area contributed by atoms with Gasteiger partial charge >= 0.3 is 0 Å². The van der Waals surface area contributed by atoms with Gasteiger partial charge in [0.2, 0.25) is 11.8 Å². The largest absolute Gasteiger partial charge is 0.393 e. The number of amides is 2. The van der Waals surface area contributed by atoms with Crippen LogP contribution < -0.4 is 10.2 Å². The van der Waals surface area contributed by atoms with Gasteiger partial charge in [0.05, 0.1) is 23.4 Å². The van der Waals surface area contributed by atoms with Gasteiger partial charge in [-0.25, -0.2) is 4.98 Å². The Morgan fingerprint density at radius 3 is 2.42 bits per heavy atom. The predicted octanol–water partition coefficient (Wildman–Crippen LogP) is 2.86. The number of hydrogen-bond acceptors (Lipinski definition) is 5. The number of nitrogens with one attached hydrogen (secondary N) is 1. The highest BCUT2D eigenvalue weighted by Gasteiger charge is 2.50. The van der Waals surface area contributed by atoms with E-state index >= 15 is 0 Å². The summed E-state index contributed by atoms with van der Waals surface area (Å²) in [5.74, 6) is 1.59. The number of aryl methyl sites for hydroxylation is 1. The van der Waals surface area contributed by atoms with Gasteiger partial charge in [0.1, 0.15) is 5.82 Å². The van der Waals surface area contributed by atoms with Crippen LogP contribution in [0.25, 0.3) is 0 Å². The lowest BCUT2D eigenvalue weighted by molar-refractivity contribution is -0.139. The van der Waals surface area contributed by atoms with E-state index in [0.29, 0.717) is 11.9 Å². The first kappa shape index (κ1) is 20.7. The number of likely N-dealkylation sites (tertiary alicyclic amines) is 1. The van der Waals surface area contributed by atoms with Gasteiger partial charge in [-0.2, -0.15) is 0 Å². The van der Waals surface area contributed by atoms with Crippen molar-refractivity contribution in [1.29, 1.82) is 0 Å². The van der Waals surface area contributed by atoms with Crippen LogP contribution in [-0.2, 0) is 9.59 Å². The number of carbonyl (C=O) groups is 2. The van der Waals surface area contributed by atoms with E-state index in [-0.39, 0.29) is 23.3 Å². The number of aliphatic hydroxyl groups excluding tert-OH is 1. The standard InChI is InChI=1S/C24H34N4O3/c1-16-14-18(26-22(30)17-2-3-17)15-25-21(16)27-11-8-24(9-12-27)10-13-28(23(24)31)19-4-6-20(29)7-5-19/h14-15,17,19-20,29H,2-13H2,1H3,(H,26,30)/t19-,20+. The number of piperidine rings is 1. The lowest BCUT2D eigenvalue weighted by Gasteiger charge is -2.40. The summed E-state index contributed by atoms with van der Waals surface area (Å²) in [5.41, 5.74) is 1.62. The number of pyridine rings is 1. The number of hydrogen-bond donors (Lipinski definition) is 2. The van der Waals surface area contributed by atoms with Gasteiger partial charge in [0.25, 0.3) is 0 Å². The van der Waals surface area contributed by atoms with Crippen LogP contribution in [-0.4, -0.2) is 58.6 Å². The molecule has 7 nitrogen and oxygen atoms in total. The van der Waals surface area contributed by atoms with Gasteiger partial charge in [-0.3, -0.25) is 9.59 Å². The molecule has 5 rings (SSSR count). The van der Waals surface area contributed by atoms with Crippen molar-refractivity contribution >= 4 is 23.3 Å². The summed E-state index contributed by atoms with van der Waals surface area (Å²) in [6.45, 7) is 4.58. The molecule has 31 heavy (non-hydrogen) atoms. The molecule has 1 aromatic rings. The molecule has 2 aliphatic carbocycles. The van der Waals surface area contributed by atoms with Crippen LogP contribution in [0.15, 0.2) is 12.3 Å². The average Bonchev–Trinajstić information content (AvgIpc) is 3.57. The highest BCUT2D eigenvalue weighted by molar-refractivity contribution is 5.94. The molecule has 0 radical (unpaired) electrons. The summed E-state index contributed by atoms with van der Waals surface area (Å²) >= 11 is 0. The number of nitrogens with zero attached hydrogens (tertiary/aromatic N) is 3. The lowest BCUT2D eigenvalue weighted by Crippen LogP contribution is -2.47. The third kappa shape index (κ3) is 4.04. The average molecular weight is 427 g/mol. The molecule has 0 bridgehead atoms. The Morgan fingerprint density at radius 1 is 1.10 bits per heavy atom. The van der Waals surface area contributed by atoms with E-state index in [9.17, 15) is 14.7 Å². The normalized spacial score (nSPS) is 28.3. The van der Waals surface area contributed by atoms with Gasteiger partial charge in [0.15, 0.2) is 0 Å². The number of carbonyl (C=O) groups excluding carboxylic acids is 2. The van der Waals surface area contributed by atoms with Crippen molar-refractivity contribution in [3.63, 3.8) is 0 Å². The predicted molar refractivity (Wildman–Crippen MR) is 119 cm³/mol. The van der Waals surface area contributed by atoms with Crippen LogP contribution in [0.5, 0.6) is 0 Å². The zero-order valence-electron chi connectivity index (χ0n) is 18.5. The van der Waals surface area contributed by atoms with Crippen molar-refractivity contribution in [2.24, 2.45) is 11.3 Å². The molecule has 1 aromatic heterocycles. The molecule has 2 saturated carbocycles. The van der Waals surface area contributed by atoms with E-state index < -0.39 is 0 Å². The Morgan fingerprint density at radius 2 is 1.77 bits per heavy atom. The molecule has 168 valence electrons. The van der Waals surface area contributed by atoms with Gasteiger partial charge in [0, 0.05) is 31.6 Å². The summed E-state index contributed by atoms with van der Waals surface area (Å²) in [5, 5.41) is 12.8. The van der Waals surface area contributed by atoms with Crippen LogP contribution in [0, 0.1) is 18.3 Å². The SMILES string of the molecule is Cc1cc(NC(=O)C2CC2)cnc1N1CCC2(CC1)CCN([C@H]1CC[C@@H](O)CC1)C2=O. The van der Waals surface area contributed by atoms with E-state index in [4.69, 9.17) is 0 Å². The first-order valence-corrected chi connectivity index (χ1v) is 12.0. The molecule has 0 atom stereocenters. The van der Waals surface area contributed by atoms with Crippen molar-refractivity contribution < 1.29 is 14.7 Å². The summed E-state index contributed by atoms with van der Waals surface area (Å²) in [6, 6.07) is 2.32. The zero-order valence-corrected chi connectivity index (χ0v) is 18.5. The Bertz CT molecular complexity index is 852. The lowest BCUT2D eigenvalue weighted by atomic mass is 9.77. The monoisotopic (exact) mass is 426 g/mol. The number of aliphatic hydroxyl groups is 1. The fourth-order valence-electron chi connectivity index (χ4n) is 5.73. The van der Waals surface area contributed by atoms with Crippen LogP contribution in [0.1, 0.15) is 63.4 Å². The van der Waals surface area contributed by atoms with E-state index in [1.54, 1.807) is 6.20 Å². The minimum Gasteiger partial charge on any atom is -0.393 e. The Labute approximate surface area is 184 Å². The topological polar surface area (TPSA) is 85.8 Å². The third-order valence-corrected chi connectivity index (χ3v) is 7.94. The Balaban J connectivity index is 1.20. The quantitative estimate of drug-likeness (QED) is 0.773. The van der Waals surface area contributed by atoms with Gasteiger partial charge in [-0.1, -0.05) is 0 Å². The summed E-state index contributed by atoms with van der Waals surface area (Å²) in [6.07, 6.45) is 9.76. The maximum atomic E-state index is 13.4. The highest BCUT2D eigenvalue weighted by Crippen LogP contribution is 2.44. The maximum Gasteiger partial charge on any atom is 0.229 e. The molecule has 0 unspecified atom stereocenters. The molecule has 2 amide bonds. The molecule has 3 heterocycles.